The molecule has 10 nitrogen and oxygen atoms in total. The van der Waals surface area contributed by atoms with Gasteiger partial charge in [0.2, 0.25) is 5.91 Å². The van der Waals surface area contributed by atoms with Crippen LogP contribution < -0.4 is 16.5 Å². The molecule has 4 fully saturated rings. The average Bonchev–Trinajstić information content (AvgIpc) is 3.10. The van der Waals surface area contributed by atoms with Crippen LogP contribution in [0.5, 0.6) is 0 Å². The van der Waals surface area contributed by atoms with Crippen LogP contribution in [0.1, 0.15) is 68.5 Å². The van der Waals surface area contributed by atoms with Crippen molar-refractivity contribution in [2.45, 2.75) is 75.1 Å². The number of carboxylic acids is 1. The lowest BCUT2D eigenvalue weighted by molar-refractivity contribution is -0.139. The molecule has 4 aliphatic heterocycles. The van der Waals surface area contributed by atoms with Crippen molar-refractivity contribution in [1.82, 2.24) is 15.7 Å². The monoisotopic (exact) mass is 471 g/mol. The highest BCUT2D eigenvalue weighted by Crippen LogP contribution is 2.35. The Labute approximate surface area is 198 Å². The van der Waals surface area contributed by atoms with Gasteiger partial charge >= 0.3 is 5.97 Å². The molecule has 4 aliphatic rings. The molecular weight excluding hydrogens is 438 g/mol. The summed E-state index contributed by atoms with van der Waals surface area (Å²) in [5.41, 5.74) is 9.88. The lowest BCUT2D eigenvalue weighted by Crippen LogP contribution is -2.54. The summed E-state index contributed by atoms with van der Waals surface area (Å²) in [7, 11) is 0. The minimum atomic E-state index is -0.955. The van der Waals surface area contributed by atoms with Crippen LogP contribution in [0.2, 0.25) is 0 Å². The van der Waals surface area contributed by atoms with Crippen molar-refractivity contribution < 1.29 is 24.3 Å². The Bertz CT molecular complexity index is 942. The molecule has 0 radical (unpaired) electrons. The fourth-order valence-electron chi connectivity index (χ4n) is 5.37. The van der Waals surface area contributed by atoms with Gasteiger partial charge in [0.25, 0.3) is 0 Å². The van der Waals surface area contributed by atoms with E-state index in [0.29, 0.717) is 24.8 Å². The number of fused-ring (bicyclic) bond motifs is 4. The second-order valence-corrected chi connectivity index (χ2v) is 9.66. The number of nitrogens with zero attached hydrogens (tertiary/aromatic N) is 1. The Balaban J connectivity index is 1.28. The number of hydroxylamine groups is 1. The zero-order chi connectivity index (χ0) is 24.3. The minimum absolute atomic E-state index is 0.0146. The van der Waals surface area contributed by atoms with Crippen LogP contribution in [-0.4, -0.2) is 64.3 Å². The van der Waals surface area contributed by atoms with Crippen LogP contribution in [0, 0.1) is 5.41 Å². The van der Waals surface area contributed by atoms with E-state index in [9.17, 15) is 14.4 Å². The smallest absolute Gasteiger partial charge is 0.303 e. The number of aliphatic carboxylic acids is 1. The van der Waals surface area contributed by atoms with Crippen LogP contribution >= 0.6 is 0 Å². The van der Waals surface area contributed by atoms with Crippen LogP contribution in [0.3, 0.4) is 0 Å². The van der Waals surface area contributed by atoms with Crippen molar-refractivity contribution in [3.8, 4) is 0 Å². The first-order valence-electron chi connectivity index (χ1n) is 11.9. The highest BCUT2D eigenvalue weighted by molar-refractivity contribution is 5.94. The Kier molecular flexibility index (Phi) is 7.30. The maximum absolute atomic E-state index is 12.9. The molecule has 3 atom stereocenters. The van der Waals surface area contributed by atoms with E-state index in [1.807, 2.05) is 12.1 Å². The summed E-state index contributed by atoms with van der Waals surface area (Å²) in [6.07, 6.45) is 3.52. The van der Waals surface area contributed by atoms with Gasteiger partial charge in [0.15, 0.2) is 5.78 Å². The summed E-state index contributed by atoms with van der Waals surface area (Å²) in [6, 6.07) is 7.14. The molecule has 0 saturated carbocycles. The number of amides is 1. The fourth-order valence-corrected chi connectivity index (χ4v) is 5.37. The van der Waals surface area contributed by atoms with Crippen molar-refractivity contribution in [2.75, 3.05) is 13.1 Å². The standard InChI is InChI=1S/C24H33N5O5/c25-23(26)16-3-1-15(2-4-16)18-13-17(34-28-18)14-21(31)27-24-8-7-19(20(30)5-6-22(32)33)29(11-9-24)12-10-24/h1-4,17-19,28H,5-14H2,(H3,25,26)(H,27,31)(H,32,33)/t17-,18+,19?/m1/s1. The Morgan fingerprint density at radius 1 is 1.18 bits per heavy atom. The van der Waals surface area contributed by atoms with Gasteiger partial charge < -0.3 is 16.2 Å². The lowest BCUT2D eigenvalue weighted by Gasteiger charge is -2.39. The third-order valence-electron chi connectivity index (χ3n) is 7.37. The number of nitrogens with one attached hydrogen (secondary N) is 3. The number of nitrogens with two attached hydrogens (primary N) is 1. The number of piperidine rings is 1. The number of amidine groups is 1. The average molecular weight is 472 g/mol. The molecule has 6 N–H and O–H groups in total. The van der Waals surface area contributed by atoms with E-state index in [4.69, 9.17) is 21.1 Å². The number of hydrogen-bond acceptors (Lipinski definition) is 7. The molecule has 5 rings (SSSR count). The summed E-state index contributed by atoms with van der Waals surface area (Å²) in [6.45, 7) is 1.45. The Hall–Kier alpha value is -2.82. The van der Waals surface area contributed by atoms with E-state index >= 15 is 0 Å². The maximum atomic E-state index is 12.9. The normalized spacial score (nSPS) is 30.5. The molecule has 4 heterocycles. The van der Waals surface area contributed by atoms with Gasteiger partial charge in [-0.3, -0.25) is 29.5 Å². The number of nitrogen functional groups attached to an aromatic ring is 1. The summed E-state index contributed by atoms with van der Waals surface area (Å²) < 4.78 is 0. The Morgan fingerprint density at radius 3 is 2.53 bits per heavy atom. The number of carbonyl (C=O) groups excluding carboxylic acids is 2. The molecule has 1 aromatic carbocycles. The number of rotatable bonds is 9. The number of carboxylic acid groups (broad SMARTS) is 1. The summed E-state index contributed by atoms with van der Waals surface area (Å²) in [5.74, 6) is -0.997. The molecule has 4 saturated heterocycles. The summed E-state index contributed by atoms with van der Waals surface area (Å²) >= 11 is 0. The van der Waals surface area contributed by atoms with Crippen molar-refractivity contribution >= 4 is 23.5 Å². The lowest BCUT2D eigenvalue weighted by atomic mass is 9.85. The largest absolute Gasteiger partial charge is 0.481 e. The van der Waals surface area contributed by atoms with Gasteiger partial charge in [-0.2, -0.15) is 5.48 Å². The van der Waals surface area contributed by atoms with Crippen LogP contribution in [0.4, 0.5) is 0 Å². The zero-order valence-electron chi connectivity index (χ0n) is 19.2. The topological polar surface area (TPSA) is 158 Å². The van der Waals surface area contributed by atoms with Crippen LogP contribution in [0.15, 0.2) is 24.3 Å². The molecular formula is C24H33N5O5. The number of Topliss-reactive ketones (excluding diaryl/α,β-unsaturated/α-hetero) is 1. The zero-order valence-corrected chi connectivity index (χ0v) is 19.2. The highest BCUT2D eigenvalue weighted by Gasteiger charge is 2.43. The van der Waals surface area contributed by atoms with E-state index in [2.05, 4.69) is 15.7 Å². The molecule has 1 aromatic rings. The predicted molar refractivity (Wildman–Crippen MR) is 124 cm³/mol. The molecule has 1 unspecified atom stereocenters. The Morgan fingerprint density at radius 2 is 1.88 bits per heavy atom. The van der Waals surface area contributed by atoms with Crippen molar-refractivity contribution in [3.05, 3.63) is 35.4 Å². The minimum Gasteiger partial charge on any atom is -0.481 e. The predicted octanol–water partition coefficient (Wildman–Crippen LogP) is 1.24. The molecule has 10 heteroatoms. The van der Waals surface area contributed by atoms with Gasteiger partial charge in [-0.15, -0.1) is 0 Å². The van der Waals surface area contributed by atoms with Crippen LogP contribution in [-0.2, 0) is 19.2 Å². The van der Waals surface area contributed by atoms with Gasteiger partial charge in [0.1, 0.15) is 5.84 Å². The third-order valence-corrected chi connectivity index (χ3v) is 7.37. The van der Waals surface area contributed by atoms with E-state index in [0.717, 1.165) is 31.5 Å². The molecule has 0 aliphatic carbocycles. The van der Waals surface area contributed by atoms with Gasteiger partial charge in [-0.1, -0.05) is 24.3 Å². The molecule has 2 bridgehead atoms. The number of ketones is 1. The van der Waals surface area contributed by atoms with Crippen LogP contribution in [0.25, 0.3) is 0 Å². The second-order valence-electron chi connectivity index (χ2n) is 9.66. The number of hydrogen-bond donors (Lipinski definition) is 5. The SMILES string of the molecule is N=C(N)c1ccc([C@@H]2C[C@H](CC(=O)NC34CCC(C(=O)CCC(=O)O)N(CC3)CC4)ON2)cc1. The molecule has 0 aromatic heterocycles. The highest BCUT2D eigenvalue weighted by atomic mass is 16.7. The van der Waals surface area contributed by atoms with E-state index < -0.39 is 5.97 Å². The third kappa shape index (κ3) is 5.63. The molecule has 1 amide bonds. The van der Waals surface area contributed by atoms with Gasteiger partial charge in [0, 0.05) is 30.6 Å². The van der Waals surface area contributed by atoms with Crippen molar-refractivity contribution in [3.63, 3.8) is 0 Å². The number of benzene rings is 1. The first kappa shape index (κ1) is 24.3. The van der Waals surface area contributed by atoms with Gasteiger partial charge in [-0.05, 0) is 37.7 Å². The van der Waals surface area contributed by atoms with E-state index in [1.165, 1.54) is 0 Å². The first-order valence-corrected chi connectivity index (χ1v) is 11.9. The van der Waals surface area contributed by atoms with Gasteiger partial charge in [0.05, 0.1) is 31.0 Å². The first-order chi connectivity index (χ1) is 16.2. The van der Waals surface area contributed by atoms with Crippen molar-refractivity contribution in [1.29, 1.82) is 5.41 Å². The van der Waals surface area contributed by atoms with E-state index in [1.54, 1.807) is 12.1 Å². The van der Waals surface area contributed by atoms with Crippen molar-refractivity contribution in [2.24, 2.45) is 5.73 Å². The number of carbonyl (C=O) groups is 3. The molecule has 0 spiro atoms. The van der Waals surface area contributed by atoms with Gasteiger partial charge in [-0.25, -0.2) is 0 Å². The van der Waals surface area contributed by atoms with E-state index in [-0.39, 0.29) is 60.5 Å². The fraction of sp³-hybridized carbons (Fsp3) is 0.583. The second kappa shape index (κ2) is 10.2. The summed E-state index contributed by atoms with van der Waals surface area (Å²) in [4.78, 5) is 44.1. The summed E-state index contributed by atoms with van der Waals surface area (Å²) in [5, 5.41) is 19.6. The maximum Gasteiger partial charge on any atom is 0.303 e. The molecule has 184 valence electrons. The quantitative estimate of drug-likeness (QED) is 0.266. The molecule has 34 heavy (non-hydrogen) atoms.